The van der Waals surface area contributed by atoms with Crippen LogP contribution in [0.15, 0.2) is 15.8 Å². The molecule has 1 saturated heterocycles. The summed E-state index contributed by atoms with van der Waals surface area (Å²) in [5, 5.41) is 19.9. The lowest BCUT2D eigenvalue weighted by molar-refractivity contribution is -0.0781. The lowest BCUT2D eigenvalue weighted by atomic mass is 9.90. The van der Waals surface area contributed by atoms with Gasteiger partial charge in [-0.2, -0.15) is 4.39 Å². The summed E-state index contributed by atoms with van der Waals surface area (Å²) in [4.78, 5) is 24.7. The van der Waals surface area contributed by atoms with Crippen LogP contribution < -0.4 is 17.0 Å². The van der Waals surface area contributed by atoms with E-state index in [2.05, 4.69) is 11.8 Å². The predicted octanol–water partition coefficient (Wildman–Crippen LogP) is -1.96. The topological polar surface area (TPSA) is 131 Å². The number of nitrogens with one attached hydrogen (secondary N) is 1. The molecule has 1 fully saturated rings. The Balaban J connectivity index is 2.61. The number of hydrogen-bond acceptors (Lipinski definition) is 6. The maximum atomic E-state index is 13.5. The Hall–Kier alpha value is -1.99. The highest BCUT2D eigenvalue weighted by atomic mass is 19.1. The van der Waals surface area contributed by atoms with Crippen molar-refractivity contribution in [2.45, 2.75) is 43.9 Å². The van der Waals surface area contributed by atoms with Gasteiger partial charge < -0.3 is 20.7 Å². The molecule has 5 atom stereocenters. The van der Waals surface area contributed by atoms with Crippen LogP contribution in [0.5, 0.6) is 0 Å². The van der Waals surface area contributed by atoms with Gasteiger partial charge in [-0.15, -0.1) is 5.92 Å². The highest BCUT2D eigenvalue weighted by Gasteiger charge is 2.55. The van der Waals surface area contributed by atoms with E-state index in [1.54, 1.807) is 4.98 Å². The monoisotopic (exact) mass is 313 g/mol. The minimum absolute atomic E-state index is 0.627. The number of halogens is 1. The number of rotatable bonds is 2. The van der Waals surface area contributed by atoms with E-state index in [9.17, 15) is 24.2 Å². The molecule has 8 nitrogen and oxygen atoms in total. The van der Waals surface area contributed by atoms with Crippen LogP contribution in [0.4, 0.5) is 4.39 Å². The lowest BCUT2D eigenvalue weighted by Crippen LogP contribution is -2.55. The van der Waals surface area contributed by atoms with Crippen molar-refractivity contribution >= 4 is 0 Å². The molecule has 9 heteroatoms. The van der Waals surface area contributed by atoms with Gasteiger partial charge in [-0.25, -0.2) is 4.79 Å². The minimum atomic E-state index is -1.76. The number of aliphatic hydroxyl groups excluding tert-OH is 2. The van der Waals surface area contributed by atoms with E-state index in [1.165, 1.54) is 13.8 Å². The molecule has 0 amide bonds. The average molecular weight is 313 g/mol. The van der Waals surface area contributed by atoms with Crippen LogP contribution >= 0.6 is 0 Å². The molecule has 2 heterocycles. The molecule has 0 saturated carbocycles. The van der Waals surface area contributed by atoms with Crippen LogP contribution in [0.2, 0.25) is 0 Å². The zero-order valence-electron chi connectivity index (χ0n) is 11.9. The van der Waals surface area contributed by atoms with E-state index < -0.39 is 47.1 Å². The third-order valence-electron chi connectivity index (χ3n) is 3.49. The zero-order chi connectivity index (χ0) is 16.7. The highest BCUT2D eigenvalue weighted by molar-refractivity contribution is 5.25. The number of hydrogen-bond donors (Lipinski definition) is 4. The van der Waals surface area contributed by atoms with Gasteiger partial charge in [0, 0.05) is 0 Å². The second-order valence-corrected chi connectivity index (χ2v) is 5.09. The Morgan fingerprint density at radius 1 is 1.59 bits per heavy atom. The first-order valence-corrected chi connectivity index (χ1v) is 6.47. The van der Waals surface area contributed by atoms with Crippen molar-refractivity contribution in [3.05, 3.63) is 32.9 Å². The van der Waals surface area contributed by atoms with Crippen molar-refractivity contribution in [2.75, 3.05) is 0 Å². The van der Waals surface area contributed by atoms with E-state index in [-0.39, 0.29) is 0 Å². The first kappa shape index (κ1) is 16.4. The second-order valence-electron chi connectivity index (χ2n) is 5.09. The molecule has 1 aliphatic rings. The summed E-state index contributed by atoms with van der Waals surface area (Å²) in [6.45, 7) is 2.83. The molecule has 0 aromatic carbocycles. The summed E-state index contributed by atoms with van der Waals surface area (Å²) in [6.07, 6.45) is -4.41. The predicted molar refractivity (Wildman–Crippen MR) is 73.2 cm³/mol. The van der Waals surface area contributed by atoms with Crippen molar-refractivity contribution in [1.82, 2.24) is 9.55 Å². The van der Waals surface area contributed by atoms with Gasteiger partial charge in [0.15, 0.2) is 11.8 Å². The second kappa shape index (κ2) is 5.66. The maximum absolute atomic E-state index is 13.5. The molecule has 0 aliphatic carbocycles. The molecule has 22 heavy (non-hydrogen) atoms. The fraction of sp³-hybridized carbons (Fsp3) is 0.538. The highest BCUT2D eigenvalue weighted by Crippen LogP contribution is 2.36. The average Bonchev–Trinajstić information content (AvgIpc) is 2.68. The molecule has 0 bridgehead atoms. The number of H-pyrrole nitrogens is 1. The van der Waals surface area contributed by atoms with Gasteiger partial charge >= 0.3 is 5.69 Å². The molecule has 2 rings (SSSR count). The molecule has 0 spiro atoms. The van der Waals surface area contributed by atoms with E-state index in [0.717, 1.165) is 0 Å². The Labute approximate surface area is 124 Å². The fourth-order valence-corrected chi connectivity index (χ4v) is 2.41. The Bertz CT molecular complexity index is 747. The standard InChI is InChI=1S/C13H16FN3O5/c1-3-4-13(15)9(19)8(6(2)18)22-11(13)17-5-7(14)10(20)16-12(17)21/h5-6,8-9,11,18-19H,15H2,1-2H3,(H,16,20,21)/t6-,8-,9?,11-,13-/m1/s1. The van der Waals surface area contributed by atoms with Crippen LogP contribution in [-0.2, 0) is 4.74 Å². The Morgan fingerprint density at radius 3 is 2.77 bits per heavy atom. The SMILES string of the molecule is CC#C[C@@]1(N)C(O)[C@@H]([C@@H](C)O)O[C@H]1n1cc(F)c(=O)[nH]c1=O. The van der Waals surface area contributed by atoms with E-state index in [4.69, 9.17) is 10.5 Å². The number of aromatic nitrogens is 2. The molecule has 120 valence electrons. The zero-order valence-corrected chi connectivity index (χ0v) is 11.9. The molecule has 0 radical (unpaired) electrons. The first-order valence-electron chi connectivity index (χ1n) is 6.47. The van der Waals surface area contributed by atoms with Gasteiger partial charge in [0.2, 0.25) is 5.82 Å². The number of nitrogens with zero attached hydrogens (tertiary/aromatic N) is 1. The van der Waals surface area contributed by atoms with Crippen LogP contribution in [0.25, 0.3) is 0 Å². The molecule has 1 aromatic heterocycles. The summed E-state index contributed by atoms with van der Waals surface area (Å²) in [5.41, 5.74) is 2.13. The maximum Gasteiger partial charge on any atom is 0.330 e. The van der Waals surface area contributed by atoms with E-state index in [1.807, 2.05) is 0 Å². The molecule has 5 N–H and O–H groups in total. The van der Waals surface area contributed by atoms with Crippen LogP contribution in [0.3, 0.4) is 0 Å². The van der Waals surface area contributed by atoms with Gasteiger partial charge in [-0.3, -0.25) is 14.3 Å². The Morgan fingerprint density at radius 2 is 2.23 bits per heavy atom. The van der Waals surface area contributed by atoms with Gasteiger partial charge in [-0.05, 0) is 13.8 Å². The molecular weight excluding hydrogens is 297 g/mol. The van der Waals surface area contributed by atoms with Crippen LogP contribution in [0, 0.1) is 17.7 Å². The van der Waals surface area contributed by atoms with Crippen LogP contribution in [-0.4, -0.2) is 43.6 Å². The number of aromatic amines is 1. The molecule has 1 unspecified atom stereocenters. The summed E-state index contributed by atoms with van der Waals surface area (Å²) in [7, 11) is 0. The fourth-order valence-electron chi connectivity index (χ4n) is 2.41. The van der Waals surface area contributed by atoms with Gasteiger partial charge in [0.25, 0.3) is 5.56 Å². The summed E-state index contributed by atoms with van der Waals surface area (Å²) in [5.74, 6) is 3.82. The van der Waals surface area contributed by atoms with Gasteiger partial charge in [-0.1, -0.05) is 5.92 Å². The van der Waals surface area contributed by atoms with Gasteiger partial charge in [0.1, 0.15) is 12.2 Å². The van der Waals surface area contributed by atoms with Crippen molar-refractivity contribution in [3.8, 4) is 11.8 Å². The third kappa shape index (κ3) is 2.46. The van der Waals surface area contributed by atoms with Gasteiger partial charge in [0.05, 0.1) is 12.3 Å². The summed E-state index contributed by atoms with van der Waals surface area (Å²) < 4.78 is 19.6. The molecular formula is C13H16FN3O5. The van der Waals surface area contributed by atoms with E-state index in [0.29, 0.717) is 10.8 Å². The number of ether oxygens (including phenoxy) is 1. The quantitative estimate of drug-likeness (QED) is 0.469. The number of aliphatic hydroxyl groups is 2. The number of nitrogens with two attached hydrogens (primary N) is 1. The largest absolute Gasteiger partial charge is 0.391 e. The minimum Gasteiger partial charge on any atom is -0.391 e. The summed E-state index contributed by atoms with van der Waals surface area (Å²) in [6, 6.07) is 0. The summed E-state index contributed by atoms with van der Waals surface area (Å²) >= 11 is 0. The third-order valence-corrected chi connectivity index (χ3v) is 3.49. The van der Waals surface area contributed by atoms with Crippen molar-refractivity contribution in [2.24, 2.45) is 5.73 Å². The normalized spacial score (nSPS) is 32.4. The lowest BCUT2D eigenvalue weighted by Gasteiger charge is -2.27. The smallest absolute Gasteiger partial charge is 0.330 e. The molecule has 1 aliphatic heterocycles. The Kier molecular flexibility index (Phi) is 4.21. The van der Waals surface area contributed by atoms with Crippen molar-refractivity contribution < 1.29 is 19.3 Å². The van der Waals surface area contributed by atoms with Crippen molar-refractivity contribution in [1.29, 1.82) is 0 Å². The molecule has 1 aromatic rings. The van der Waals surface area contributed by atoms with Crippen molar-refractivity contribution in [3.63, 3.8) is 0 Å². The van der Waals surface area contributed by atoms with E-state index >= 15 is 0 Å². The van der Waals surface area contributed by atoms with Crippen LogP contribution in [0.1, 0.15) is 20.1 Å². The first-order chi connectivity index (χ1) is 10.2.